The van der Waals surface area contributed by atoms with E-state index in [-0.39, 0.29) is 5.38 Å². The van der Waals surface area contributed by atoms with E-state index < -0.39 is 11.6 Å². The Morgan fingerprint density at radius 2 is 1.73 bits per heavy atom. The van der Waals surface area contributed by atoms with Gasteiger partial charge >= 0.3 is 0 Å². The number of alkyl halides is 1. The minimum Gasteiger partial charge on any atom is -0.207 e. The fourth-order valence-electron chi connectivity index (χ4n) is 1.54. The average molecular weight is 233 g/mol. The molecule has 1 unspecified atom stereocenters. The molecule has 0 N–H and O–H groups in total. The summed E-state index contributed by atoms with van der Waals surface area (Å²) in [4.78, 5) is 0. The second kappa shape index (κ2) is 6.06. The maximum Gasteiger partial charge on any atom is 0.126 e. The lowest BCUT2D eigenvalue weighted by Crippen LogP contribution is -2.00. The Morgan fingerprint density at radius 3 is 2.27 bits per heavy atom. The zero-order chi connectivity index (χ0) is 11.3. The monoisotopic (exact) mass is 232 g/mol. The summed E-state index contributed by atoms with van der Waals surface area (Å²) in [5.74, 6) is -1.04. The van der Waals surface area contributed by atoms with Crippen molar-refractivity contribution in [3.63, 3.8) is 0 Å². The van der Waals surface area contributed by atoms with Gasteiger partial charge in [0, 0.05) is 11.4 Å². The molecule has 0 amide bonds. The van der Waals surface area contributed by atoms with Gasteiger partial charge in [-0.2, -0.15) is 0 Å². The molecular formula is C12H15ClF2. The molecule has 0 aromatic heterocycles. The summed E-state index contributed by atoms with van der Waals surface area (Å²) in [5.41, 5.74) is 0.675. The van der Waals surface area contributed by atoms with Crippen LogP contribution in [0.4, 0.5) is 8.78 Å². The molecule has 0 radical (unpaired) electrons. The summed E-state index contributed by atoms with van der Waals surface area (Å²) in [6, 6.07) is 3.60. The molecule has 0 nitrogen and oxygen atoms in total. The molecule has 0 spiro atoms. The molecular weight excluding hydrogens is 218 g/mol. The molecule has 15 heavy (non-hydrogen) atoms. The van der Waals surface area contributed by atoms with Gasteiger partial charge < -0.3 is 0 Å². The van der Waals surface area contributed by atoms with E-state index in [2.05, 4.69) is 6.92 Å². The fourth-order valence-corrected chi connectivity index (χ4v) is 1.86. The smallest absolute Gasteiger partial charge is 0.126 e. The van der Waals surface area contributed by atoms with Crippen LogP contribution in [0.1, 0.15) is 31.7 Å². The summed E-state index contributed by atoms with van der Waals surface area (Å²) < 4.78 is 25.7. The highest BCUT2D eigenvalue weighted by molar-refractivity contribution is 6.20. The number of hydrogen-bond donors (Lipinski definition) is 0. The third-order valence-electron chi connectivity index (χ3n) is 2.27. The second-order valence-electron chi connectivity index (χ2n) is 3.70. The molecule has 1 aromatic carbocycles. The molecule has 0 bridgehead atoms. The van der Waals surface area contributed by atoms with Crippen LogP contribution in [-0.2, 0) is 6.42 Å². The largest absolute Gasteiger partial charge is 0.207 e. The first kappa shape index (κ1) is 12.4. The van der Waals surface area contributed by atoms with Crippen LogP contribution in [0, 0.1) is 11.6 Å². The van der Waals surface area contributed by atoms with Crippen molar-refractivity contribution in [2.45, 2.75) is 38.0 Å². The van der Waals surface area contributed by atoms with E-state index in [0.717, 1.165) is 25.3 Å². The first-order valence-corrected chi connectivity index (χ1v) is 5.64. The van der Waals surface area contributed by atoms with Crippen molar-refractivity contribution in [3.05, 3.63) is 35.4 Å². The number of rotatable bonds is 5. The fraction of sp³-hybridized carbons (Fsp3) is 0.500. The summed E-state index contributed by atoms with van der Waals surface area (Å²) in [5, 5.41) is 0.0985. The number of benzene rings is 1. The summed E-state index contributed by atoms with van der Waals surface area (Å²) in [6.45, 7) is 2.07. The first-order chi connectivity index (χ1) is 7.11. The van der Waals surface area contributed by atoms with Crippen LogP contribution < -0.4 is 0 Å². The van der Waals surface area contributed by atoms with Crippen LogP contribution >= 0.6 is 11.6 Å². The van der Waals surface area contributed by atoms with E-state index in [1.165, 1.54) is 12.1 Å². The van der Waals surface area contributed by atoms with Crippen molar-refractivity contribution >= 4 is 11.6 Å². The van der Waals surface area contributed by atoms with Crippen LogP contribution in [0.5, 0.6) is 0 Å². The minimum atomic E-state index is -0.522. The van der Waals surface area contributed by atoms with Crippen LogP contribution in [0.3, 0.4) is 0 Å². The quantitative estimate of drug-likeness (QED) is 0.664. The van der Waals surface area contributed by atoms with Crippen molar-refractivity contribution in [2.75, 3.05) is 0 Å². The van der Waals surface area contributed by atoms with E-state index in [4.69, 9.17) is 11.6 Å². The van der Waals surface area contributed by atoms with Gasteiger partial charge in [0.15, 0.2) is 0 Å². The molecule has 84 valence electrons. The van der Waals surface area contributed by atoms with Gasteiger partial charge in [-0.3, -0.25) is 0 Å². The lowest BCUT2D eigenvalue weighted by Gasteiger charge is -2.07. The lowest BCUT2D eigenvalue weighted by molar-refractivity contribution is 0.577. The Hall–Kier alpha value is -0.630. The Balaban J connectivity index is 2.50. The molecule has 0 aliphatic rings. The maximum absolute atomic E-state index is 12.8. The predicted molar refractivity (Wildman–Crippen MR) is 59.2 cm³/mol. The predicted octanol–water partition coefficient (Wildman–Crippen LogP) is 4.30. The lowest BCUT2D eigenvalue weighted by atomic mass is 10.1. The zero-order valence-corrected chi connectivity index (χ0v) is 9.53. The Kier molecular flexibility index (Phi) is 5.03. The molecule has 1 atom stereocenters. The van der Waals surface area contributed by atoms with Crippen LogP contribution in [0.25, 0.3) is 0 Å². The maximum atomic E-state index is 12.8. The Morgan fingerprint density at radius 1 is 1.13 bits per heavy atom. The Bertz CT molecular complexity index is 292. The van der Waals surface area contributed by atoms with E-state index in [1.54, 1.807) is 0 Å². The molecule has 0 heterocycles. The number of halogens is 3. The van der Waals surface area contributed by atoms with Crippen LogP contribution in [0.15, 0.2) is 18.2 Å². The summed E-state index contributed by atoms with van der Waals surface area (Å²) in [7, 11) is 0. The molecule has 1 aromatic rings. The van der Waals surface area contributed by atoms with Crippen molar-refractivity contribution in [2.24, 2.45) is 0 Å². The van der Waals surface area contributed by atoms with Crippen molar-refractivity contribution in [1.29, 1.82) is 0 Å². The molecule has 0 fully saturated rings. The van der Waals surface area contributed by atoms with E-state index >= 15 is 0 Å². The van der Waals surface area contributed by atoms with Gasteiger partial charge in [0.05, 0.1) is 0 Å². The summed E-state index contributed by atoms with van der Waals surface area (Å²) >= 11 is 6.02. The van der Waals surface area contributed by atoms with Gasteiger partial charge in [0.25, 0.3) is 0 Å². The molecule has 1 rings (SSSR count). The van der Waals surface area contributed by atoms with Crippen molar-refractivity contribution in [3.8, 4) is 0 Å². The standard InChI is InChI=1S/C12H15ClF2/c1-2-3-10(13)5-4-9-6-11(14)8-12(15)7-9/h6-8,10H,2-5H2,1H3. The normalized spacial score (nSPS) is 12.8. The van der Waals surface area contributed by atoms with E-state index in [1.807, 2.05) is 0 Å². The number of aryl methyl sites for hydroxylation is 1. The van der Waals surface area contributed by atoms with Gasteiger partial charge in [0.2, 0.25) is 0 Å². The highest BCUT2D eigenvalue weighted by atomic mass is 35.5. The van der Waals surface area contributed by atoms with Crippen LogP contribution in [0.2, 0.25) is 0 Å². The molecule has 0 saturated carbocycles. The average Bonchev–Trinajstić information content (AvgIpc) is 2.14. The third-order valence-corrected chi connectivity index (χ3v) is 2.71. The van der Waals surface area contributed by atoms with E-state index in [9.17, 15) is 8.78 Å². The highest BCUT2D eigenvalue weighted by Gasteiger charge is 2.05. The van der Waals surface area contributed by atoms with Gasteiger partial charge in [-0.25, -0.2) is 8.78 Å². The first-order valence-electron chi connectivity index (χ1n) is 5.21. The second-order valence-corrected chi connectivity index (χ2v) is 4.32. The molecule has 0 aliphatic heterocycles. The van der Waals surface area contributed by atoms with Crippen LogP contribution in [-0.4, -0.2) is 5.38 Å². The minimum absolute atomic E-state index is 0.0985. The molecule has 0 saturated heterocycles. The highest BCUT2D eigenvalue weighted by Crippen LogP contribution is 2.15. The van der Waals surface area contributed by atoms with Crippen molar-refractivity contribution < 1.29 is 8.78 Å². The van der Waals surface area contributed by atoms with Gasteiger partial charge in [-0.15, -0.1) is 11.6 Å². The third kappa shape index (κ3) is 4.61. The van der Waals surface area contributed by atoms with Gasteiger partial charge in [0.1, 0.15) is 11.6 Å². The topological polar surface area (TPSA) is 0 Å². The SMILES string of the molecule is CCCC(Cl)CCc1cc(F)cc(F)c1. The summed E-state index contributed by atoms with van der Waals surface area (Å²) in [6.07, 6.45) is 3.37. The van der Waals surface area contributed by atoms with E-state index in [0.29, 0.717) is 12.0 Å². The van der Waals surface area contributed by atoms with Gasteiger partial charge in [-0.1, -0.05) is 13.3 Å². The van der Waals surface area contributed by atoms with Crippen molar-refractivity contribution in [1.82, 2.24) is 0 Å². The molecule has 0 aliphatic carbocycles. The van der Waals surface area contributed by atoms with Gasteiger partial charge in [-0.05, 0) is 37.0 Å². The molecule has 3 heteroatoms. The number of hydrogen-bond acceptors (Lipinski definition) is 0. The Labute approximate surface area is 94.3 Å². The zero-order valence-electron chi connectivity index (χ0n) is 8.77.